The summed E-state index contributed by atoms with van der Waals surface area (Å²) in [6, 6.07) is 7.49. The van der Waals surface area contributed by atoms with E-state index in [-0.39, 0.29) is 11.3 Å². The maximum Gasteiger partial charge on any atom is 0.255 e. The maximum absolute atomic E-state index is 12.0. The van der Waals surface area contributed by atoms with Gasteiger partial charge in [-0.2, -0.15) is 0 Å². The monoisotopic (exact) mass is 371 g/mol. The lowest BCUT2D eigenvalue weighted by molar-refractivity contribution is 0.0957. The third-order valence-corrected chi connectivity index (χ3v) is 5.60. The van der Waals surface area contributed by atoms with Gasteiger partial charge in [-0.15, -0.1) is 22.9 Å². The summed E-state index contributed by atoms with van der Waals surface area (Å²) >= 11 is 11.6. The minimum atomic E-state index is -0.286. The fourth-order valence-corrected chi connectivity index (χ4v) is 4.21. The summed E-state index contributed by atoms with van der Waals surface area (Å²) in [5.41, 5.74) is 1.42. The zero-order chi connectivity index (χ0) is 14.1. The van der Waals surface area contributed by atoms with Crippen molar-refractivity contribution in [2.24, 2.45) is 0 Å². The molecule has 1 N–H and O–H groups in total. The minimum absolute atomic E-state index is 0.117. The van der Waals surface area contributed by atoms with Gasteiger partial charge in [0.25, 0.3) is 5.91 Å². The van der Waals surface area contributed by atoms with Gasteiger partial charge in [-0.25, -0.2) is 0 Å². The molecular weight excluding hydrogens is 362 g/mol. The van der Waals surface area contributed by atoms with Gasteiger partial charge >= 0.3 is 0 Å². The number of fused-ring (bicyclic) bond motifs is 1. The number of amides is 1. The number of nitrogens with one attached hydrogen (secondary N) is 1. The molecule has 1 aromatic carbocycles. The second kappa shape index (κ2) is 5.76. The van der Waals surface area contributed by atoms with Crippen LogP contribution >= 0.6 is 38.9 Å². The Kier molecular flexibility index (Phi) is 4.01. The van der Waals surface area contributed by atoms with Crippen LogP contribution in [0.25, 0.3) is 0 Å². The van der Waals surface area contributed by atoms with Crippen molar-refractivity contribution in [1.29, 1.82) is 0 Å². The number of halogens is 2. The first-order chi connectivity index (χ1) is 9.66. The van der Waals surface area contributed by atoms with Gasteiger partial charge in [0.15, 0.2) is 0 Å². The molecule has 2 heterocycles. The Labute approximate surface area is 134 Å². The molecule has 0 bridgehead atoms. The van der Waals surface area contributed by atoms with Crippen LogP contribution in [-0.4, -0.2) is 19.1 Å². The van der Waals surface area contributed by atoms with Crippen LogP contribution in [0.3, 0.4) is 0 Å². The molecule has 0 saturated carbocycles. The second-order valence-electron chi connectivity index (χ2n) is 4.36. The van der Waals surface area contributed by atoms with Crippen LogP contribution < -0.4 is 10.1 Å². The third-order valence-electron chi connectivity index (χ3n) is 3.06. The van der Waals surface area contributed by atoms with Gasteiger partial charge in [0.1, 0.15) is 12.4 Å². The van der Waals surface area contributed by atoms with Crippen molar-refractivity contribution in [1.82, 2.24) is 5.32 Å². The maximum atomic E-state index is 12.0. The molecule has 1 aliphatic heterocycles. The quantitative estimate of drug-likeness (QED) is 0.810. The number of thiophene rings is 1. The van der Waals surface area contributed by atoms with Gasteiger partial charge in [0, 0.05) is 9.35 Å². The van der Waals surface area contributed by atoms with Crippen molar-refractivity contribution >= 4 is 44.8 Å². The number of alkyl halides is 1. The molecule has 0 radical (unpaired) electrons. The largest absolute Gasteiger partial charge is 0.491 e. The summed E-state index contributed by atoms with van der Waals surface area (Å²) in [5.74, 6) is 0.492. The minimum Gasteiger partial charge on any atom is -0.491 e. The highest BCUT2D eigenvalue weighted by Crippen LogP contribution is 2.38. The van der Waals surface area contributed by atoms with Crippen LogP contribution in [0.1, 0.15) is 26.2 Å². The number of ether oxygens (including phenoxy) is 1. The van der Waals surface area contributed by atoms with E-state index in [1.165, 1.54) is 0 Å². The molecule has 0 spiro atoms. The van der Waals surface area contributed by atoms with E-state index in [0.29, 0.717) is 24.5 Å². The molecule has 20 heavy (non-hydrogen) atoms. The molecule has 1 unspecified atom stereocenters. The number of rotatable bonds is 2. The normalized spacial score (nSPS) is 15.8. The van der Waals surface area contributed by atoms with E-state index < -0.39 is 0 Å². The molecule has 2 aromatic rings. The SMILES string of the molecule is O=C1NCCOc2ccc(C(Cl)c3sccc3Br)cc21. The van der Waals surface area contributed by atoms with Gasteiger partial charge in [-0.1, -0.05) is 6.07 Å². The van der Waals surface area contributed by atoms with E-state index in [4.69, 9.17) is 16.3 Å². The van der Waals surface area contributed by atoms with Crippen LogP contribution in [0.2, 0.25) is 0 Å². The zero-order valence-electron chi connectivity index (χ0n) is 10.4. The molecule has 3 rings (SSSR count). The molecule has 1 amide bonds. The second-order valence-corrected chi connectivity index (χ2v) is 6.59. The molecule has 0 aliphatic carbocycles. The molecule has 1 aromatic heterocycles. The van der Waals surface area contributed by atoms with Crippen molar-refractivity contribution in [2.45, 2.75) is 5.38 Å². The molecule has 104 valence electrons. The average Bonchev–Trinajstić information content (AvgIpc) is 2.79. The van der Waals surface area contributed by atoms with E-state index >= 15 is 0 Å². The summed E-state index contributed by atoms with van der Waals surface area (Å²) in [7, 11) is 0. The van der Waals surface area contributed by atoms with Crippen molar-refractivity contribution in [3.63, 3.8) is 0 Å². The fourth-order valence-electron chi connectivity index (χ4n) is 2.07. The highest BCUT2D eigenvalue weighted by atomic mass is 79.9. The van der Waals surface area contributed by atoms with E-state index in [1.54, 1.807) is 17.4 Å². The number of carbonyl (C=O) groups excluding carboxylic acids is 1. The predicted octanol–water partition coefficient (Wildman–Crippen LogP) is 3.96. The summed E-state index contributed by atoms with van der Waals surface area (Å²) in [6.07, 6.45) is 0. The Hall–Kier alpha value is -1.04. The summed E-state index contributed by atoms with van der Waals surface area (Å²) in [5, 5.41) is 4.49. The van der Waals surface area contributed by atoms with E-state index in [2.05, 4.69) is 21.2 Å². The fraction of sp³-hybridized carbons (Fsp3) is 0.214. The number of carbonyl (C=O) groups is 1. The summed E-state index contributed by atoms with van der Waals surface area (Å²) in [6.45, 7) is 1.00. The number of benzene rings is 1. The van der Waals surface area contributed by atoms with Crippen LogP contribution in [0, 0.1) is 0 Å². The highest BCUT2D eigenvalue weighted by Gasteiger charge is 2.21. The topological polar surface area (TPSA) is 38.3 Å². The first kappa shape index (κ1) is 13.9. The Bertz CT molecular complexity index is 658. The van der Waals surface area contributed by atoms with Gasteiger partial charge in [-0.3, -0.25) is 4.79 Å². The van der Waals surface area contributed by atoms with Crippen molar-refractivity contribution in [3.05, 3.63) is 50.1 Å². The van der Waals surface area contributed by atoms with Crippen molar-refractivity contribution < 1.29 is 9.53 Å². The van der Waals surface area contributed by atoms with Crippen LogP contribution in [-0.2, 0) is 0 Å². The van der Waals surface area contributed by atoms with Crippen molar-refractivity contribution in [3.8, 4) is 5.75 Å². The van der Waals surface area contributed by atoms with E-state index in [9.17, 15) is 4.79 Å². The molecule has 1 atom stereocenters. The lowest BCUT2D eigenvalue weighted by Gasteiger charge is -2.12. The first-order valence-corrected chi connectivity index (χ1v) is 8.19. The van der Waals surface area contributed by atoms with Gasteiger partial charge in [-0.05, 0) is 45.1 Å². The standard InChI is InChI=1S/C14H11BrClNO2S/c15-10-3-6-20-13(10)12(16)8-1-2-11-9(7-8)14(18)17-4-5-19-11/h1-3,6-7,12H,4-5H2,(H,17,18). The third kappa shape index (κ3) is 2.57. The van der Waals surface area contributed by atoms with Gasteiger partial charge in [0.05, 0.1) is 17.5 Å². The summed E-state index contributed by atoms with van der Waals surface area (Å²) in [4.78, 5) is 13.0. The van der Waals surface area contributed by atoms with Gasteiger partial charge in [0.2, 0.25) is 0 Å². The molecule has 6 heteroatoms. The lowest BCUT2D eigenvalue weighted by Crippen LogP contribution is -2.24. The zero-order valence-corrected chi connectivity index (χ0v) is 13.5. The molecule has 0 saturated heterocycles. The summed E-state index contributed by atoms with van der Waals surface area (Å²) < 4.78 is 6.52. The van der Waals surface area contributed by atoms with Gasteiger partial charge < -0.3 is 10.1 Å². The molecule has 3 nitrogen and oxygen atoms in total. The Morgan fingerprint density at radius 2 is 2.25 bits per heavy atom. The molecular formula is C14H11BrClNO2S. The molecule has 0 fully saturated rings. The van der Waals surface area contributed by atoms with Crippen LogP contribution in [0.5, 0.6) is 5.75 Å². The molecule has 1 aliphatic rings. The average molecular weight is 373 g/mol. The van der Waals surface area contributed by atoms with Crippen LogP contribution in [0.15, 0.2) is 34.1 Å². The van der Waals surface area contributed by atoms with Crippen molar-refractivity contribution in [2.75, 3.05) is 13.2 Å². The van der Waals surface area contributed by atoms with Crippen LogP contribution in [0.4, 0.5) is 0 Å². The predicted molar refractivity (Wildman–Crippen MR) is 84.0 cm³/mol. The van der Waals surface area contributed by atoms with E-state index in [0.717, 1.165) is 14.9 Å². The number of hydrogen-bond donors (Lipinski definition) is 1. The Balaban J connectivity index is 2.00. The Morgan fingerprint density at radius 3 is 3.00 bits per heavy atom. The number of hydrogen-bond acceptors (Lipinski definition) is 3. The smallest absolute Gasteiger partial charge is 0.255 e. The first-order valence-electron chi connectivity index (χ1n) is 6.08. The Morgan fingerprint density at radius 1 is 1.40 bits per heavy atom. The highest BCUT2D eigenvalue weighted by molar-refractivity contribution is 9.10. The van der Waals surface area contributed by atoms with E-state index in [1.807, 2.05) is 23.6 Å². The lowest BCUT2D eigenvalue weighted by atomic mass is 10.1.